The molecule has 1 N–H and O–H groups in total. The molecule has 234 valence electrons. The molecule has 43 heavy (non-hydrogen) atoms. The molecule has 1 fully saturated rings. The third kappa shape index (κ3) is 7.49. The minimum Gasteiger partial charge on any atom is -0.507 e. The minimum absolute atomic E-state index is 0.0409. The summed E-state index contributed by atoms with van der Waals surface area (Å²) in [6.45, 7) is 1.09. The number of rotatable bonds is 10. The molecule has 4 atom stereocenters. The summed E-state index contributed by atoms with van der Waals surface area (Å²) in [6.07, 6.45) is -1.13. The number of amides is 1. The molecule has 2 aliphatic rings. The van der Waals surface area contributed by atoms with Gasteiger partial charge in [-0.25, -0.2) is 31.1 Å². The van der Waals surface area contributed by atoms with Crippen molar-refractivity contribution in [3.63, 3.8) is 0 Å². The molecule has 2 aliphatic carbocycles. The van der Waals surface area contributed by atoms with Gasteiger partial charge in [0.2, 0.25) is 5.91 Å². The lowest BCUT2D eigenvalue weighted by Gasteiger charge is -2.33. The second-order valence-corrected chi connectivity index (χ2v) is 11.8. The Kier molecular flexibility index (Phi) is 11.0. The maximum atomic E-state index is 14.5. The van der Waals surface area contributed by atoms with Crippen molar-refractivity contribution in [2.24, 2.45) is 0 Å². The van der Waals surface area contributed by atoms with E-state index in [0.717, 1.165) is 38.4 Å². The van der Waals surface area contributed by atoms with E-state index in [4.69, 9.17) is 0 Å². The molecule has 1 aromatic carbocycles. The van der Waals surface area contributed by atoms with Crippen LogP contribution in [0.25, 0.3) is 0 Å². The second kappa shape index (κ2) is 14.5. The van der Waals surface area contributed by atoms with Crippen LogP contribution in [0.5, 0.6) is 5.75 Å². The predicted molar refractivity (Wildman–Crippen MR) is 153 cm³/mol. The zero-order chi connectivity index (χ0) is 31.3. The van der Waals surface area contributed by atoms with E-state index in [9.17, 15) is 36.6 Å². The Balaban J connectivity index is 1.58. The molecule has 2 aromatic rings. The van der Waals surface area contributed by atoms with E-state index in [1.54, 1.807) is 19.2 Å². The quantitative estimate of drug-likeness (QED) is 0.179. The number of anilines is 1. The van der Waals surface area contributed by atoms with Crippen LogP contribution < -0.4 is 4.90 Å². The van der Waals surface area contributed by atoms with E-state index < -0.39 is 59.6 Å². The van der Waals surface area contributed by atoms with E-state index in [1.165, 1.54) is 33.8 Å². The first-order valence-electron chi connectivity index (χ1n) is 14.1. The average Bonchev–Trinajstić information content (AvgIpc) is 3.03. The summed E-state index contributed by atoms with van der Waals surface area (Å²) >= 11 is 0.374. The van der Waals surface area contributed by atoms with Crippen molar-refractivity contribution >= 4 is 29.5 Å². The Bertz CT molecular complexity index is 1330. The van der Waals surface area contributed by atoms with Crippen LogP contribution in [0.2, 0.25) is 0 Å². The summed E-state index contributed by atoms with van der Waals surface area (Å²) in [7, 11) is 1.15. The Labute approximate surface area is 251 Å². The van der Waals surface area contributed by atoms with Crippen LogP contribution in [-0.2, 0) is 16.1 Å². The standard InChI is InChI=1S/C30H34F5N3O4S/c1-3-37(43-29-27(34)25(32)24(31)26(33)28(29)35)16-23(40)38(20-11-12-21(22(39)13-20)30(41)42-2)15-19-10-9-18(14-36-19)17-7-5-4-6-8-17/h9-14,17,24-25,27,29,39H,3-8,15-16H2,1-2H3. The third-order valence-electron chi connectivity index (χ3n) is 7.76. The van der Waals surface area contributed by atoms with Crippen molar-refractivity contribution in [2.45, 2.75) is 75.3 Å². The Morgan fingerprint density at radius 1 is 1.05 bits per heavy atom. The van der Waals surface area contributed by atoms with Crippen molar-refractivity contribution in [2.75, 3.05) is 25.1 Å². The van der Waals surface area contributed by atoms with Crippen LogP contribution >= 0.6 is 11.9 Å². The number of esters is 1. The number of methoxy groups -OCH3 is 1. The number of likely N-dealkylation sites (N-methyl/N-ethyl adjacent to an activating group) is 1. The highest BCUT2D eigenvalue weighted by Crippen LogP contribution is 2.41. The molecule has 0 radical (unpaired) electrons. The van der Waals surface area contributed by atoms with Gasteiger partial charge in [0, 0.05) is 24.5 Å². The summed E-state index contributed by atoms with van der Waals surface area (Å²) in [4.78, 5) is 31.5. The largest absolute Gasteiger partial charge is 0.507 e. The number of halogens is 5. The van der Waals surface area contributed by atoms with E-state index in [1.807, 2.05) is 6.07 Å². The first-order valence-corrected chi connectivity index (χ1v) is 14.9. The molecule has 4 rings (SSSR count). The number of pyridine rings is 1. The summed E-state index contributed by atoms with van der Waals surface area (Å²) in [6, 6.07) is 7.68. The number of allylic oxidation sites excluding steroid dienone is 1. The van der Waals surface area contributed by atoms with Gasteiger partial charge in [-0.05, 0) is 42.5 Å². The van der Waals surface area contributed by atoms with Crippen LogP contribution in [0.3, 0.4) is 0 Å². The zero-order valence-corrected chi connectivity index (χ0v) is 24.6. The number of nitrogens with zero attached hydrogens (tertiary/aromatic N) is 3. The van der Waals surface area contributed by atoms with Crippen molar-refractivity contribution in [3.05, 3.63) is 65.0 Å². The van der Waals surface area contributed by atoms with Gasteiger partial charge in [0.15, 0.2) is 30.2 Å². The van der Waals surface area contributed by atoms with Gasteiger partial charge in [-0.15, -0.1) is 0 Å². The number of carbonyl (C=O) groups excluding carboxylic acids is 2. The monoisotopic (exact) mass is 627 g/mol. The van der Waals surface area contributed by atoms with Crippen LogP contribution in [0.1, 0.15) is 66.6 Å². The lowest BCUT2D eigenvalue weighted by atomic mass is 9.85. The van der Waals surface area contributed by atoms with Gasteiger partial charge in [-0.3, -0.25) is 9.78 Å². The van der Waals surface area contributed by atoms with Gasteiger partial charge < -0.3 is 14.7 Å². The molecule has 1 aromatic heterocycles. The maximum absolute atomic E-state index is 14.5. The Morgan fingerprint density at radius 2 is 1.77 bits per heavy atom. The predicted octanol–water partition coefficient (Wildman–Crippen LogP) is 6.67. The second-order valence-electron chi connectivity index (χ2n) is 10.6. The number of hydrogen-bond acceptors (Lipinski definition) is 7. The molecule has 13 heteroatoms. The fourth-order valence-corrected chi connectivity index (χ4v) is 6.39. The number of phenolic OH excluding ortho intramolecular Hbond substituents is 1. The molecule has 0 saturated heterocycles. The number of ether oxygens (including phenoxy) is 1. The van der Waals surface area contributed by atoms with E-state index in [-0.39, 0.29) is 24.3 Å². The Hall–Kier alpha value is -3.19. The summed E-state index contributed by atoms with van der Waals surface area (Å²) in [5.74, 6) is -5.15. The molecule has 0 spiro atoms. The number of hydrogen-bond donors (Lipinski definition) is 1. The van der Waals surface area contributed by atoms with Gasteiger partial charge in [-0.1, -0.05) is 44.2 Å². The van der Waals surface area contributed by atoms with Gasteiger partial charge in [0.05, 0.1) is 25.9 Å². The highest BCUT2D eigenvalue weighted by atomic mass is 32.2. The molecule has 7 nitrogen and oxygen atoms in total. The highest BCUT2D eigenvalue weighted by molar-refractivity contribution is 7.97. The first-order chi connectivity index (χ1) is 20.5. The zero-order valence-electron chi connectivity index (χ0n) is 23.8. The lowest BCUT2D eigenvalue weighted by molar-refractivity contribution is -0.118. The normalized spacial score (nSPS) is 23.0. The topological polar surface area (TPSA) is 83.0 Å². The smallest absolute Gasteiger partial charge is 0.341 e. The molecule has 0 bridgehead atoms. The first kappa shape index (κ1) is 32.7. The fourth-order valence-electron chi connectivity index (χ4n) is 5.26. The SMILES string of the molecule is CCN(CC(=O)N(Cc1ccc(C2CCCCC2)cn1)c1ccc(C(=O)OC)c(O)c1)SC1C(F)=C(F)C(F)C(F)C1F. The fraction of sp³-hybridized carbons (Fsp3) is 0.500. The molecular formula is C30H34F5N3O4S. The van der Waals surface area contributed by atoms with E-state index in [2.05, 4.69) is 9.72 Å². The number of alkyl halides is 3. The molecule has 0 aliphatic heterocycles. The Morgan fingerprint density at radius 3 is 2.37 bits per heavy atom. The van der Waals surface area contributed by atoms with Crippen LogP contribution in [0.4, 0.5) is 27.6 Å². The molecule has 1 amide bonds. The number of benzene rings is 1. The van der Waals surface area contributed by atoms with Gasteiger partial charge in [0.1, 0.15) is 16.6 Å². The van der Waals surface area contributed by atoms with Crippen LogP contribution in [0, 0.1) is 0 Å². The van der Waals surface area contributed by atoms with Gasteiger partial charge >= 0.3 is 5.97 Å². The lowest BCUT2D eigenvalue weighted by Crippen LogP contribution is -2.44. The van der Waals surface area contributed by atoms with Crippen molar-refractivity contribution in [1.29, 1.82) is 0 Å². The van der Waals surface area contributed by atoms with Crippen molar-refractivity contribution in [3.8, 4) is 5.75 Å². The van der Waals surface area contributed by atoms with Gasteiger partial charge in [-0.2, -0.15) is 0 Å². The number of carbonyl (C=O) groups is 2. The maximum Gasteiger partial charge on any atom is 0.341 e. The third-order valence-corrected chi connectivity index (χ3v) is 9.14. The number of aromatic hydroxyl groups is 1. The highest BCUT2D eigenvalue weighted by Gasteiger charge is 2.48. The van der Waals surface area contributed by atoms with Crippen molar-refractivity contribution in [1.82, 2.24) is 9.29 Å². The number of aromatic nitrogens is 1. The molecule has 1 saturated carbocycles. The van der Waals surface area contributed by atoms with E-state index in [0.29, 0.717) is 23.6 Å². The summed E-state index contributed by atoms with van der Waals surface area (Å²) < 4.78 is 76.4. The molecule has 1 heterocycles. The van der Waals surface area contributed by atoms with Gasteiger partial charge in [0.25, 0.3) is 0 Å². The van der Waals surface area contributed by atoms with E-state index >= 15 is 0 Å². The molecule has 4 unspecified atom stereocenters. The summed E-state index contributed by atoms with van der Waals surface area (Å²) in [5, 5.41) is 8.47. The summed E-state index contributed by atoms with van der Waals surface area (Å²) in [5.41, 5.74) is 1.69. The average molecular weight is 628 g/mol. The van der Waals surface area contributed by atoms with Crippen LogP contribution in [-0.4, -0.2) is 70.2 Å². The van der Waals surface area contributed by atoms with Crippen molar-refractivity contribution < 1.29 is 41.4 Å². The number of phenols is 1. The van der Waals surface area contributed by atoms with Crippen LogP contribution in [0.15, 0.2) is 48.2 Å². The minimum atomic E-state index is -3.03. The molecular weight excluding hydrogens is 593 g/mol.